The van der Waals surface area contributed by atoms with Crippen LogP contribution in [0.5, 0.6) is 0 Å². The average Bonchev–Trinajstić information content (AvgIpc) is 2.98. The van der Waals surface area contributed by atoms with Crippen molar-refractivity contribution in [2.45, 2.75) is 32.9 Å². The summed E-state index contributed by atoms with van der Waals surface area (Å²) in [5.41, 5.74) is 0. The summed E-state index contributed by atoms with van der Waals surface area (Å²) in [6, 6.07) is 4.61. The van der Waals surface area contributed by atoms with Gasteiger partial charge in [-0.15, -0.1) is 11.3 Å². The molecule has 17 heavy (non-hydrogen) atoms. The summed E-state index contributed by atoms with van der Waals surface area (Å²) in [4.78, 5) is 5.90. The second-order valence-electron chi connectivity index (χ2n) is 3.97. The van der Waals surface area contributed by atoms with E-state index in [2.05, 4.69) is 46.2 Å². The fourth-order valence-corrected chi connectivity index (χ4v) is 2.78. The van der Waals surface area contributed by atoms with Gasteiger partial charge in [0.2, 0.25) is 0 Å². The number of thiophene rings is 1. The Kier molecular flexibility index (Phi) is 4.34. The Hall–Kier alpha value is -1.13. The molecule has 0 aliphatic heterocycles. The lowest BCUT2D eigenvalue weighted by molar-refractivity contribution is 0.498. The molecule has 0 aliphatic carbocycles. The molecular weight excluding hydrogens is 230 g/mol. The van der Waals surface area contributed by atoms with E-state index in [0.717, 1.165) is 25.3 Å². The predicted molar refractivity (Wildman–Crippen MR) is 72.3 cm³/mol. The van der Waals surface area contributed by atoms with Crippen LogP contribution in [0.15, 0.2) is 29.9 Å². The van der Waals surface area contributed by atoms with E-state index < -0.39 is 0 Å². The highest BCUT2D eigenvalue weighted by Gasteiger charge is 2.16. The molecule has 2 rings (SSSR count). The quantitative estimate of drug-likeness (QED) is 0.853. The standard InChI is InChI=1S/C13H19N3S/c1-3-14-12(10-11-6-5-9-17-11)13-15-7-8-16(13)4-2/h5-9,12,14H,3-4,10H2,1-2H3. The largest absolute Gasteiger partial charge is 0.334 e. The van der Waals surface area contributed by atoms with Gasteiger partial charge in [-0.1, -0.05) is 13.0 Å². The van der Waals surface area contributed by atoms with E-state index >= 15 is 0 Å². The van der Waals surface area contributed by atoms with Gasteiger partial charge in [0.25, 0.3) is 0 Å². The van der Waals surface area contributed by atoms with Gasteiger partial charge < -0.3 is 9.88 Å². The minimum atomic E-state index is 0.314. The van der Waals surface area contributed by atoms with Crippen LogP contribution < -0.4 is 5.32 Å². The number of likely N-dealkylation sites (N-methyl/N-ethyl adjacent to an activating group) is 1. The Morgan fingerprint density at radius 3 is 3.00 bits per heavy atom. The van der Waals surface area contributed by atoms with Crippen molar-refractivity contribution in [2.75, 3.05) is 6.54 Å². The van der Waals surface area contributed by atoms with Crippen molar-refractivity contribution in [3.05, 3.63) is 40.6 Å². The van der Waals surface area contributed by atoms with E-state index in [1.54, 1.807) is 0 Å². The molecule has 0 saturated heterocycles. The maximum absolute atomic E-state index is 4.49. The zero-order chi connectivity index (χ0) is 12.1. The molecular formula is C13H19N3S. The number of imidazole rings is 1. The molecule has 1 atom stereocenters. The minimum Gasteiger partial charge on any atom is -0.334 e. The smallest absolute Gasteiger partial charge is 0.126 e. The summed E-state index contributed by atoms with van der Waals surface area (Å²) >= 11 is 1.81. The molecule has 0 amide bonds. The highest BCUT2D eigenvalue weighted by molar-refractivity contribution is 7.09. The van der Waals surface area contributed by atoms with E-state index in [1.807, 2.05) is 23.7 Å². The van der Waals surface area contributed by atoms with Crippen molar-refractivity contribution in [2.24, 2.45) is 0 Å². The van der Waals surface area contributed by atoms with Gasteiger partial charge >= 0.3 is 0 Å². The Bertz CT molecular complexity index is 433. The van der Waals surface area contributed by atoms with Gasteiger partial charge in [-0.05, 0) is 24.9 Å². The van der Waals surface area contributed by atoms with Crippen molar-refractivity contribution < 1.29 is 0 Å². The number of hydrogen-bond acceptors (Lipinski definition) is 3. The first-order valence-corrected chi connectivity index (χ1v) is 6.99. The third-order valence-corrected chi connectivity index (χ3v) is 3.73. The second kappa shape index (κ2) is 5.98. The minimum absolute atomic E-state index is 0.314. The van der Waals surface area contributed by atoms with Gasteiger partial charge in [-0.3, -0.25) is 0 Å². The molecule has 0 aliphatic rings. The highest BCUT2D eigenvalue weighted by Crippen LogP contribution is 2.20. The number of aryl methyl sites for hydroxylation is 1. The van der Waals surface area contributed by atoms with Gasteiger partial charge in [0.1, 0.15) is 5.82 Å². The molecule has 3 nitrogen and oxygen atoms in total. The van der Waals surface area contributed by atoms with Gasteiger partial charge in [-0.25, -0.2) is 4.98 Å². The lowest BCUT2D eigenvalue weighted by Crippen LogP contribution is -2.25. The molecule has 2 heterocycles. The van der Waals surface area contributed by atoms with Crippen LogP contribution in [0.1, 0.15) is 30.6 Å². The Labute approximate surface area is 107 Å². The number of hydrogen-bond donors (Lipinski definition) is 1. The third-order valence-electron chi connectivity index (χ3n) is 2.84. The predicted octanol–water partition coefficient (Wildman–Crippen LogP) is 2.86. The van der Waals surface area contributed by atoms with Crippen molar-refractivity contribution in [3.63, 3.8) is 0 Å². The van der Waals surface area contributed by atoms with E-state index in [9.17, 15) is 0 Å². The Morgan fingerprint density at radius 1 is 1.47 bits per heavy atom. The first-order chi connectivity index (χ1) is 8.35. The number of nitrogens with zero attached hydrogens (tertiary/aromatic N) is 2. The molecule has 0 aromatic carbocycles. The van der Waals surface area contributed by atoms with Gasteiger partial charge in [0.15, 0.2) is 0 Å². The van der Waals surface area contributed by atoms with E-state index in [-0.39, 0.29) is 0 Å². The van der Waals surface area contributed by atoms with Gasteiger partial charge in [-0.2, -0.15) is 0 Å². The third kappa shape index (κ3) is 2.96. The summed E-state index contributed by atoms with van der Waals surface area (Å²) in [6.45, 7) is 6.23. The molecule has 1 N–H and O–H groups in total. The molecule has 2 aromatic heterocycles. The summed E-state index contributed by atoms with van der Waals surface area (Å²) in [6.07, 6.45) is 4.95. The zero-order valence-corrected chi connectivity index (χ0v) is 11.2. The van der Waals surface area contributed by atoms with Crippen LogP contribution in [0.25, 0.3) is 0 Å². The number of aromatic nitrogens is 2. The summed E-state index contributed by atoms with van der Waals surface area (Å²) in [7, 11) is 0. The first kappa shape index (κ1) is 12.3. The van der Waals surface area contributed by atoms with Crippen molar-refractivity contribution >= 4 is 11.3 Å². The van der Waals surface area contributed by atoms with Gasteiger partial charge in [0.05, 0.1) is 6.04 Å². The SMILES string of the molecule is CCNC(Cc1cccs1)c1nccn1CC. The maximum atomic E-state index is 4.49. The van der Waals surface area contributed by atoms with Crippen molar-refractivity contribution in [1.82, 2.24) is 14.9 Å². The van der Waals surface area contributed by atoms with Gasteiger partial charge in [0, 0.05) is 30.2 Å². The lowest BCUT2D eigenvalue weighted by Gasteiger charge is -2.17. The van der Waals surface area contributed by atoms with E-state index in [1.165, 1.54) is 4.88 Å². The molecule has 2 aromatic rings. The molecule has 0 bridgehead atoms. The molecule has 0 saturated carbocycles. The van der Waals surface area contributed by atoms with Crippen LogP contribution in [-0.2, 0) is 13.0 Å². The fraction of sp³-hybridized carbons (Fsp3) is 0.462. The van der Waals surface area contributed by atoms with E-state index in [0.29, 0.717) is 6.04 Å². The number of rotatable bonds is 6. The molecule has 0 radical (unpaired) electrons. The normalized spacial score (nSPS) is 12.8. The molecule has 0 spiro atoms. The number of nitrogens with one attached hydrogen (secondary N) is 1. The van der Waals surface area contributed by atoms with Crippen molar-refractivity contribution in [3.8, 4) is 0 Å². The van der Waals surface area contributed by atoms with Crippen LogP contribution in [0, 0.1) is 0 Å². The monoisotopic (exact) mass is 249 g/mol. The topological polar surface area (TPSA) is 29.9 Å². The molecule has 0 fully saturated rings. The summed E-state index contributed by atoms with van der Waals surface area (Å²) < 4.78 is 2.21. The van der Waals surface area contributed by atoms with Crippen LogP contribution in [-0.4, -0.2) is 16.1 Å². The molecule has 4 heteroatoms. The second-order valence-corrected chi connectivity index (χ2v) is 5.00. The van der Waals surface area contributed by atoms with Crippen LogP contribution >= 0.6 is 11.3 Å². The summed E-state index contributed by atoms with van der Waals surface area (Å²) in [5, 5.41) is 5.65. The fourth-order valence-electron chi connectivity index (χ4n) is 2.03. The Morgan fingerprint density at radius 2 is 2.35 bits per heavy atom. The highest BCUT2D eigenvalue weighted by atomic mass is 32.1. The van der Waals surface area contributed by atoms with Crippen LogP contribution in [0.3, 0.4) is 0 Å². The molecule has 1 unspecified atom stereocenters. The van der Waals surface area contributed by atoms with Crippen molar-refractivity contribution in [1.29, 1.82) is 0 Å². The zero-order valence-electron chi connectivity index (χ0n) is 10.4. The average molecular weight is 249 g/mol. The Balaban J connectivity index is 2.16. The van der Waals surface area contributed by atoms with Crippen LogP contribution in [0.4, 0.5) is 0 Å². The van der Waals surface area contributed by atoms with Crippen LogP contribution in [0.2, 0.25) is 0 Å². The maximum Gasteiger partial charge on any atom is 0.126 e. The lowest BCUT2D eigenvalue weighted by atomic mass is 10.1. The first-order valence-electron chi connectivity index (χ1n) is 6.12. The summed E-state index contributed by atoms with van der Waals surface area (Å²) in [5.74, 6) is 1.14. The molecule has 92 valence electrons. The van der Waals surface area contributed by atoms with E-state index in [4.69, 9.17) is 0 Å².